The summed E-state index contributed by atoms with van der Waals surface area (Å²) in [5, 5.41) is 0.644. The molecule has 2 aromatic rings. The monoisotopic (exact) mass is 325 g/mol. The van der Waals surface area contributed by atoms with Gasteiger partial charge >= 0.3 is 0 Å². The van der Waals surface area contributed by atoms with Crippen LogP contribution in [0.3, 0.4) is 0 Å². The Bertz CT molecular complexity index is 619. The Kier molecular flexibility index (Phi) is 5.34. The number of ether oxygens (including phenoxy) is 2. The maximum atomic E-state index is 6.03. The first kappa shape index (κ1) is 16.0. The predicted molar refractivity (Wildman–Crippen MR) is 87.0 cm³/mol. The summed E-state index contributed by atoms with van der Waals surface area (Å²) < 4.78 is 11.8. The van der Waals surface area contributed by atoms with Gasteiger partial charge in [0.25, 0.3) is 0 Å². The van der Waals surface area contributed by atoms with Crippen molar-refractivity contribution in [2.45, 2.75) is 6.54 Å². The van der Waals surface area contributed by atoms with Crippen molar-refractivity contribution < 1.29 is 9.47 Å². The maximum Gasteiger partial charge on any atom is 0.169 e. The number of benzene rings is 2. The summed E-state index contributed by atoms with van der Waals surface area (Å²) in [5.74, 6) is 2.24. The van der Waals surface area contributed by atoms with Crippen molar-refractivity contribution >= 4 is 24.0 Å². The number of fused-ring (bicyclic) bond motifs is 2. The lowest BCUT2D eigenvalue weighted by molar-refractivity contribution is 0.221. The van der Waals surface area contributed by atoms with Crippen LogP contribution in [0, 0.1) is 0 Å². The Balaban J connectivity index is 0.00000161. The van der Waals surface area contributed by atoms with Gasteiger partial charge in [-0.05, 0) is 25.2 Å². The van der Waals surface area contributed by atoms with E-state index >= 15 is 0 Å². The molecule has 0 N–H and O–H groups in total. The smallest absolute Gasteiger partial charge is 0.169 e. The third kappa shape index (κ3) is 3.82. The number of hydrogen-bond acceptors (Lipinski definition) is 3. The lowest BCUT2D eigenvalue weighted by Crippen LogP contribution is -2.24. The van der Waals surface area contributed by atoms with Crippen molar-refractivity contribution in [1.29, 1.82) is 0 Å². The first-order valence-electron chi connectivity index (χ1n) is 6.59. The summed E-state index contributed by atoms with van der Waals surface area (Å²) in [6.07, 6.45) is 0. The highest BCUT2D eigenvalue weighted by atomic mass is 35.5. The minimum atomic E-state index is 0. The predicted octanol–water partition coefficient (Wildman–Crippen LogP) is 4.38. The molecule has 0 radical (unpaired) electrons. The van der Waals surface area contributed by atoms with Crippen LogP contribution in [0.5, 0.6) is 17.2 Å². The van der Waals surface area contributed by atoms with Crippen molar-refractivity contribution in [1.82, 2.24) is 4.90 Å². The average Bonchev–Trinajstić information content (AvgIpc) is 2.43. The highest BCUT2D eigenvalue weighted by molar-refractivity contribution is 6.30. The number of hydrogen-bond donors (Lipinski definition) is 0. The van der Waals surface area contributed by atoms with E-state index in [1.807, 2.05) is 30.3 Å². The van der Waals surface area contributed by atoms with Crippen LogP contribution in [0.25, 0.3) is 0 Å². The van der Waals surface area contributed by atoms with E-state index in [9.17, 15) is 0 Å². The van der Waals surface area contributed by atoms with Crippen molar-refractivity contribution in [2.75, 3.05) is 20.2 Å². The molecule has 0 fully saturated rings. The minimum Gasteiger partial charge on any atom is -0.488 e. The van der Waals surface area contributed by atoms with Gasteiger partial charge in [0.1, 0.15) is 12.4 Å². The van der Waals surface area contributed by atoms with Crippen molar-refractivity contribution in [3.63, 3.8) is 0 Å². The zero-order valence-corrected chi connectivity index (χ0v) is 13.3. The Morgan fingerprint density at radius 3 is 2.71 bits per heavy atom. The van der Waals surface area contributed by atoms with E-state index in [0.717, 1.165) is 24.4 Å². The van der Waals surface area contributed by atoms with Crippen LogP contribution in [-0.2, 0) is 6.54 Å². The molecule has 1 aliphatic heterocycles. The SMILES string of the molecule is CN1CCOc2cc(Cl)ccc2Oc2ccccc2C1.Cl. The number of nitrogens with zero attached hydrogens (tertiary/aromatic N) is 1. The van der Waals surface area contributed by atoms with E-state index in [1.54, 1.807) is 6.07 Å². The zero-order valence-electron chi connectivity index (χ0n) is 11.7. The molecule has 1 aliphatic rings. The molecule has 3 rings (SSSR count). The summed E-state index contributed by atoms with van der Waals surface area (Å²) in [6.45, 7) is 2.29. The molecule has 3 nitrogen and oxygen atoms in total. The van der Waals surface area contributed by atoms with E-state index in [0.29, 0.717) is 23.1 Å². The second-order valence-electron chi connectivity index (χ2n) is 4.89. The molecule has 0 atom stereocenters. The summed E-state index contributed by atoms with van der Waals surface area (Å²) in [6, 6.07) is 13.5. The number of para-hydroxylation sites is 1. The van der Waals surface area contributed by atoms with Crippen molar-refractivity contribution in [2.24, 2.45) is 0 Å². The van der Waals surface area contributed by atoms with Crippen LogP contribution >= 0.6 is 24.0 Å². The molecule has 1 heterocycles. The third-order valence-corrected chi connectivity index (χ3v) is 3.50. The minimum absolute atomic E-state index is 0. The number of likely N-dealkylation sites (N-methyl/N-ethyl adjacent to an activating group) is 1. The highest BCUT2D eigenvalue weighted by Gasteiger charge is 2.14. The molecule has 21 heavy (non-hydrogen) atoms. The fraction of sp³-hybridized carbons (Fsp3) is 0.250. The number of rotatable bonds is 0. The van der Waals surface area contributed by atoms with Gasteiger partial charge in [-0.25, -0.2) is 0 Å². The summed E-state index contributed by atoms with van der Waals surface area (Å²) in [4.78, 5) is 2.21. The Hall–Kier alpha value is -1.42. The second kappa shape index (κ2) is 7.03. The summed E-state index contributed by atoms with van der Waals surface area (Å²) >= 11 is 6.03. The fourth-order valence-electron chi connectivity index (χ4n) is 2.21. The van der Waals surface area contributed by atoms with Crippen LogP contribution in [-0.4, -0.2) is 25.1 Å². The first-order chi connectivity index (χ1) is 9.72. The van der Waals surface area contributed by atoms with E-state index in [4.69, 9.17) is 21.1 Å². The molecule has 5 heteroatoms. The van der Waals surface area contributed by atoms with E-state index in [1.165, 1.54) is 0 Å². The number of halogens is 2. The van der Waals surface area contributed by atoms with Gasteiger partial charge < -0.3 is 9.47 Å². The molecule has 0 amide bonds. The largest absolute Gasteiger partial charge is 0.488 e. The van der Waals surface area contributed by atoms with Crippen LogP contribution in [0.2, 0.25) is 5.02 Å². The van der Waals surface area contributed by atoms with E-state index < -0.39 is 0 Å². The van der Waals surface area contributed by atoms with Gasteiger partial charge in [0.15, 0.2) is 11.5 Å². The zero-order chi connectivity index (χ0) is 13.9. The highest BCUT2D eigenvalue weighted by Crippen LogP contribution is 2.36. The summed E-state index contributed by atoms with van der Waals surface area (Å²) in [5.41, 5.74) is 1.16. The molecular weight excluding hydrogens is 309 g/mol. The average molecular weight is 326 g/mol. The third-order valence-electron chi connectivity index (χ3n) is 3.27. The molecule has 0 aliphatic carbocycles. The Labute approximate surface area is 135 Å². The molecule has 0 bridgehead atoms. The van der Waals surface area contributed by atoms with Gasteiger partial charge in [-0.3, -0.25) is 4.90 Å². The van der Waals surface area contributed by atoms with E-state index in [2.05, 4.69) is 18.0 Å². The van der Waals surface area contributed by atoms with Gasteiger partial charge in [-0.2, -0.15) is 0 Å². The molecule has 0 saturated carbocycles. The molecule has 0 aromatic heterocycles. The fourth-order valence-corrected chi connectivity index (χ4v) is 2.37. The van der Waals surface area contributed by atoms with Gasteiger partial charge in [-0.1, -0.05) is 29.8 Å². The van der Waals surface area contributed by atoms with Gasteiger partial charge in [0.05, 0.1) is 0 Å². The van der Waals surface area contributed by atoms with Crippen LogP contribution in [0.4, 0.5) is 0 Å². The molecule has 0 unspecified atom stereocenters. The Morgan fingerprint density at radius 1 is 1.05 bits per heavy atom. The normalized spacial score (nSPS) is 14.8. The quantitative estimate of drug-likeness (QED) is 0.717. The van der Waals surface area contributed by atoms with Gasteiger partial charge in [-0.15, -0.1) is 12.4 Å². The summed E-state index contributed by atoms with van der Waals surface area (Å²) in [7, 11) is 2.07. The molecule has 2 aromatic carbocycles. The van der Waals surface area contributed by atoms with E-state index in [-0.39, 0.29) is 12.4 Å². The molecule has 0 saturated heterocycles. The molecular formula is C16H17Cl2NO2. The first-order valence-corrected chi connectivity index (χ1v) is 6.97. The van der Waals surface area contributed by atoms with Crippen LogP contribution < -0.4 is 9.47 Å². The van der Waals surface area contributed by atoms with Gasteiger partial charge in [0, 0.05) is 29.7 Å². The van der Waals surface area contributed by atoms with Crippen molar-refractivity contribution in [3.05, 3.63) is 53.1 Å². The molecule has 112 valence electrons. The molecule has 0 spiro atoms. The van der Waals surface area contributed by atoms with Crippen LogP contribution in [0.15, 0.2) is 42.5 Å². The topological polar surface area (TPSA) is 21.7 Å². The lowest BCUT2D eigenvalue weighted by Gasteiger charge is -2.22. The van der Waals surface area contributed by atoms with Crippen LogP contribution in [0.1, 0.15) is 5.56 Å². The lowest BCUT2D eigenvalue weighted by atomic mass is 10.2. The maximum absolute atomic E-state index is 6.03. The standard InChI is InChI=1S/C16H16ClNO2.ClH/c1-18-8-9-19-16-10-13(17)6-7-15(16)20-14-5-3-2-4-12(14)11-18;/h2-7,10H,8-9,11H2,1H3;1H. The second-order valence-corrected chi connectivity index (χ2v) is 5.32. The van der Waals surface area contributed by atoms with Gasteiger partial charge in [0.2, 0.25) is 0 Å². The Morgan fingerprint density at radius 2 is 1.86 bits per heavy atom. The van der Waals surface area contributed by atoms with Crippen molar-refractivity contribution in [3.8, 4) is 17.2 Å².